The molecule has 2 amide bonds. The van der Waals surface area contributed by atoms with Crippen LogP contribution in [0.15, 0.2) is 48.5 Å². The molecule has 1 fully saturated rings. The summed E-state index contributed by atoms with van der Waals surface area (Å²) in [7, 11) is 0. The Kier molecular flexibility index (Phi) is 8.44. The van der Waals surface area contributed by atoms with Gasteiger partial charge in [-0.25, -0.2) is 0 Å². The summed E-state index contributed by atoms with van der Waals surface area (Å²) in [5.41, 5.74) is 3.17. The number of nitrogens with one attached hydrogen (secondary N) is 3. The first kappa shape index (κ1) is 21.9. The minimum absolute atomic E-state index is 0. The van der Waals surface area contributed by atoms with Crippen molar-refractivity contribution >= 4 is 29.9 Å². The highest BCUT2D eigenvalue weighted by Gasteiger charge is 2.18. The van der Waals surface area contributed by atoms with Gasteiger partial charge in [-0.05, 0) is 24.6 Å². The first-order valence-electron chi connectivity index (χ1n) is 9.15. The van der Waals surface area contributed by atoms with Gasteiger partial charge in [0, 0.05) is 25.6 Å². The van der Waals surface area contributed by atoms with Gasteiger partial charge in [-0.15, -0.1) is 12.4 Å². The lowest BCUT2D eigenvalue weighted by Crippen LogP contribution is -2.43. The quantitative estimate of drug-likeness (QED) is 0.692. The molecule has 3 rings (SSSR count). The first-order valence-corrected chi connectivity index (χ1v) is 9.15. The predicted molar refractivity (Wildman–Crippen MR) is 112 cm³/mol. The van der Waals surface area contributed by atoms with Crippen molar-refractivity contribution in [2.45, 2.75) is 25.9 Å². The number of para-hydroxylation sites is 1. The third kappa shape index (κ3) is 6.34. The van der Waals surface area contributed by atoms with E-state index in [2.05, 4.69) is 16.0 Å². The molecule has 28 heavy (non-hydrogen) atoms. The van der Waals surface area contributed by atoms with Crippen molar-refractivity contribution in [2.75, 3.05) is 25.1 Å². The van der Waals surface area contributed by atoms with Crippen LogP contribution in [-0.4, -0.2) is 37.6 Å². The number of rotatable bonds is 6. The van der Waals surface area contributed by atoms with Crippen molar-refractivity contribution in [3.8, 4) is 0 Å². The number of carbonyl (C=O) groups is 2. The lowest BCUT2D eigenvalue weighted by molar-refractivity contribution is -0.117. The highest BCUT2D eigenvalue weighted by molar-refractivity contribution is 6.03. The molecule has 7 heteroatoms. The minimum Gasteiger partial charge on any atom is -0.378 e. The molecular weight excluding hydrogens is 378 g/mol. The molecule has 0 bridgehead atoms. The van der Waals surface area contributed by atoms with Gasteiger partial charge in [-0.3, -0.25) is 9.59 Å². The molecule has 0 radical (unpaired) electrons. The van der Waals surface area contributed by atoms with E-state index in [-0.39, 0.29) is 30.3 Å². The number of benzene rings is 2. The molecular formula is C21H26ClN3O3. The predicted octanol–water partition coefficient (Wildman–Crippen LogP) is 2.66. The molecule has 1 saturated heterocycles. The Labute approximate surface area is 171 Å². The van der Waals surface area contributed by atoms with Crippen molar-refractivity contribution in [3.63, 3.8) is 0 Å². The van der Waals surface area contributed by atoms with E-state index >= 15 is 0 Å². The average molecular weight is 404 g/mol. The second-order valence-corrected chi connectivity index (χ2v) is 6.69. The maximum Gasteiger partial charge on any atom is 0.253 e. The summed E-state index contributed by atoms with van der Waals surface area (Å²) in [6, 6.07) is 15.0. The van der Waals surface area contributed by atoms with Crippen LogP contribution in [0, 0.1) is 6.92 Å². The smallest absolute Gasteiger partial charge is 0.253 e. The number of halogens is 1. The second-order valence-electron chi connectivity index (χ2n) is 6.69. The normalized spacial score (nSPS) is 16.0. The molecule has 1 aliphatic heterocycles. The van der Waals surface area contributed by atoms with Gasteiger partial charge in [-0.1, -0.05) is 42.0 Å². The van der Waals surface area contributed by atoms with E-state index in [1.807, 2.05) is 31.2 Å². The fourth-order valence-corrected chi connectivity index (χ4v) is 2.95. The van der Waals surface area contributed by atoms with E-state index in [0.717, 1.165) is 12.1 Å². The topological polar surface area (TPSA) is 79.5 Å². The van der Waals surface area contributed by atoms with E-state index < -0.39 is 0 Å². The number of hydrogen-bond donors (Lipinski definition) is 3. The molecule has 1 heterocycles. The third-order valence-electron chi connectivity index (χ3n) is 4.45. The van der Waals surface area contributed by atoms with Gasteiger partial charge in [0.2, 0.25) is 5.91 Å². The molecule has 6 nitrogen and oxygen atoms in total. The summed E-state index contributed by atoms with van der Waals surface area (Å²) in [4.78, 5) is 24.9. The maximum atomic E-state index is 12.6. The van der Waals surface area contributed by atoms with Crippen molar-refractivity contribution < 1.29 is 14.3 Å². The molecule has 0 aromatic heterocycles. The highest BCUT2D eigenvalue weighted by atomic mass is 35.5. The third-order valence-corrected chi connectivity index (χ3v) is 4.45. The van der Waals surface area contributed by atoms with Gasteiger partial charge < -0.3 is 20.7 Å². The average Bonchev–Trinajstić information content (AvgIpc) is 2.68. The number of carbonyl (C=O) groups excluding carboxylic acids is 2. The Morgan fingerprint density at radius 3 is 2.61 bits per heavy atom. The molecule has 150 valence electrons. The molecule has 3 N–H and O–H groups in total. The fraction of sp³-hybridized carbons (Fsp3) is 0.333. The summed E-state index contributed by atoms with van der Waals surface area (Å²) in [5, 5.41) is 9.01. The Balaban J connectivity index is 0.00000280. The van der Waals surface area contributed by atoms with Gasteiger partial charge in [0.1, 0.15) is 0 Å². The van der Waals surface area contributed by atoms with E-state index in [0.29, 0.717) is 37.4 Å². The van der Waals surface area contributed by atoms with E-state index in [4.69, 9.17) is 4.74 Å². The van der Waals surface area contributed by atoms with Crippen LogP contribution in [0.1, 0.15) is 27.9 Å². The van der Waals surface area contributed by atoms with Gasteiger partial charge in [0.05, 0.1) is 24.5 Å². The van der Waals surface area contributed by atoms with Gasteiger partial charge in [-0.2, -0.15) is 0 Å². The molecule has 0 aliphatic carbocycles. The zero-order valence-corrected chi connectivity index (χ0v) is 16.7. The molecule has 0 spiro atoms. The molecule has 1 unspecified atom stereocenters. The monoisotopic (exact) mass is 403 g/mol. The summed E-state index contributed by atoms with van der Waals surface area (Å²) in [6.07, 6.45) is 0.305. The molecule has 0 saturated carbocycles. The zero-order chi connectivity index (χ0) is 19.1. The van der Waals surface area contributed by atoms with E-state index in [1.54, 1.807) is 24.3 Å². The fourth-order valence-electron chi connectivity index (χ4n) is 2.95. The van der Waals surface area contributed by atoms with Crippen LogP contribution in [0.3, 0.4) is 0 Å². The lowest BCUT2D eigenvalue weighted by Gasteiger charge is -2.23. The zero-order valence-electron chi connectivity index (χ0n) is 15.9. The van der Waals surface area contributed by atoms with Crippen molar-refractivity contribution in [2.24, 2.45) is 0 Å². The van der Waals surface area contributed by atoms with Gasteiger partial charge in [0.15, 0.2) is 0 Å². The molecule has 2 aromatic rings. The Hall–Kier alpha value is -2.41. The second kappa shape index (κ2) is 10.8. The summed E-state index contributed by atoms with van der Waals surface area (Å²) in [6.45, 7) is 4.39. The van der Waals surface area contributed by atoms with Crippen LogP contribution >= 0.6 is 12.4 Å². The SMILES string of the molecule is Cc1ccc(CNC(=O)c2ccccc2NC(=O)CC2COCCN2)cc1.Cl. The van der Waals surface area contributed by atoms with Crippen LogP contribution in [0.5, 0.6) is 0 Å². The number of aryl methyl sites for hydroxylation is 1. The molecule has 1 aliphatic rings. The van der Waals surface area contributed by atoms with Crippen LogP contribution < -0.4 is 16.0 Å². The van der Waals surface area contributed by atoms with Crippen LogP contribution in [0.4, 0.5) is 5.69 Å². The summed E-state index contributed by atoms with van der Waals surface area (Å²) < 4.78 is 5.37. The number of morpholine rings is 1. The Morgan fingerprint density at radius 2 is 1.89 bits per heavy atom. The summed E-state index contributed by atoms with van der Waals surface area (Å²) >= 11 is 0. The first-order chi connectivity index (χ1) is 13.1. The van der Waals surface area contributed by atoms with Gasteiger partial charge in [0.25, 0.3) is 5.91 Å². The Bertz CT molecular complexity index is 790. The number of hydrogen-bond acceptors (Lipinski definition) is 4. The van der Waals surface area contributed by atoms with Crippen molar-refractivity contribution in [1.82, 2.24) is 10.6 Å². The number of anilines is 1. The maximum absolute atomic E-state index is 12.6. The molecule has 1 atom stereocenters. The van der Waals surface area contributed by atoms with Crippen LogP contribution in [0.25, 0.3) is 0 Å². The van der Waals surface area contributed by atoms with Crippen molar-refractivity contribution in [1.29, 1.82) is 0 Å². The summed E-state index contributed by atoms with van der Waals surface area (Å²) in [5.74, 6) is -0.359. The number of ether oxygens (including phenoxy) is 1. The lowest BCUT2D eigenvalue weighted by atomic mass is 10.1. The Morgan fingerprint density at radius 1 is 1.14 bits per heavy atom. The van der Waals surface area contributed by atoms with Crippen molar-refractivity contribution in [3.05, 3.63) is 65.2 Å². The number of amides is 2. The van der Waals surface area contributed by atoms with E-state index in [1.165, 1.54) is 5.56 Å². The highest BCUT2D eigenvalue weighted by Crippen LogP contribution is 2.16. The van der Waals surface area contributed by atoms with Crippen LogP contribution in [-0.2, 0) is 16.1 Å². The van der Waals surface area contributed by atoms with Gasteiger partial charge >= 0.3 is 0 Å². The van der Waals surface area contributed by atoms with E-state index in [9.17, 15) is 9.59 Å². The standard InChI is InChI=1S/C21H25N3O3.ClH/c1-15-6-8-16(9-7-15)13-23-21(26)18-4-2-3-5-19(18)24-20(25)12-17-14-27-11-10-22-17;/h2-9,17,22H,10-14H2,1H3,(H,23,26)(H,24,25);1H. The van der Waals surface area contributed by atoms with Crippen LogP contribution in [0.2, 0.25) is 0 Å². The largest absolute Gasteiger partial charge is 0.378 e. The minimum atomic E-state index is -0.217. The molecule has 2 aromatic carbocycles.